The smallest absolute Gasteiger partial charge is 0.251 e. The number of fused-ring (bicyclic) bond motifs is 1. The maximum Gasteiger partial charge on any atom is 0.251 e. The third kappa shape index (κ3) is 3.77. The molecule has 5 nitrogen and oxygen atoms in total. The van der Waals surface area contributed by atoms with Crippen molar-refractivity contribution in [2.45, 2.75) is 19.3 Å². The molecule has 0 saturated carbocycles. The number of benzene rings is 1. The Morgan fingerprint density at radius 2 is 2.16 bits per heavy atom. The van der Waals surface area contributed by atoms with E-state index in [0.29, 0.717) is 16.3 Å². The molecule has 0 atom stereocenters. The van der Waals surface area contributed by atoms with Gasteiger partial charge in [-0.1, -0.05) is 15.9 Å². The molecule has 1 aromatic heterocycles. The Bertz CT molecular complexity index is 873. The Balaban J connectivity index is 1.80. The largest absolute Gasteiger partial charge is 0.496 e. The zero-order valence-electron chi connectivity index (χ0n) is 13.6. The number of halogens is 1. The molecule has 130 valence electrons. The van der Waals surface area contributed by atoms with Crippen molar-refractivity contribution in [1.82, 2.24) is 0 Å². The fraction of sp³-hybridized carbons (Fsp3) is 0.222. The lowest BCUT2D eigenvalue weighted by atomic mass is 10.1. The minimum atomic E-state index is -0.493. The van der Waals surface area contributed by atoms with E-state index in [2.05, 4.69) is 21.2 Å². The van der Waals surface area contributed by atoms with Crippen molar-refractivity contribution in [1.29, 1.82) is 0 Å². The zero-order valence-corrected chi connectivity index (χ0v) is 16.0. The van der Waals surface area contributed by atoms with Crippen LogP contribution in [0.5, 0.6) is 5.75 Å². The SMILES string of the molecule is COc1ccc(Br)cc1C=CC(=O)Nc1sc2c(c1C(N)=O)CCC2. The number of carbonyl (C=O) groups excluding carboxylic acids is 2. The van der Waals surface area contributed by atoms with Crippen molar-refractivity contribution in [2.24, 2.45) is 5.73 Å². The second-order valence-corrected chi connectivity index (χ2v) is 7.66. The van der Waals surface area contributed by atoms with Gasteiger partial charge in [0, 0.05) is 21.0 Å². The van der Waals surface area contributed by atoms with E-state index in [0.717, 1.165) is 39.7 Å². The maximum atomic E-state index is 12.3. The summed E-state index contributed by atoms with van der Waals surface area (Å²) < 4.78 is 6.17. The number of nitrogens with one attached hydrogen (secondary N) is 1. The summed E-state index contributed by atoms with van der Waals surface area (Å²) in [6.07, 6.45) is 5.88. The van der Waals surface area contributed by atoms with E-state index in [-0.39, 0.29) is 5.91 Å². The van der Waals surface area contributed by atoms with E-state index < -0.39 is 5.91 Å². The summed E-state index contributed by atoms with van der Waals surface area (Å²) in [6, 6.07) is 5.54. The van der Waals surface area contributed by atoms with E-state index in [1.165, 1.54) is 17.4 Å². The highest BCUT2D eigenvalue weighted by molar-refractivity contribution is 9.10. The molecule has 0 spiro atoms. The lowest BCUT2D eigenvalue weighted by molar-refractivity contribution is -0.111. The molecule has 0 saturated heterocycles. The Morgan fingerprint density at radius 1 is 1.36 bits per heavy atom. The number of hydrogen-bond acceptors (Lipinski definition) is 4. The highest BCUT2D eigenvalue weighted by Gasteiger charge is 2.25. The molecular weight excluding hydrogens is 404 g/mol. The van der Waals surface area contributed by atoms with Crippen LogP contribution in [0.25, 0.3) is 6.08 Å². The fourth-order valence-electron chi connectivity index (χ4n) is 2.91. The standard InChI is InChI=1S/C18H17BrN2O3S/c1-24-13-7-6-11(19)9-10(13)5-8-15(22)21-18-16(17(20)23)12-3-2-4-14(12)25-18/h5-9H,2-4H2,1H3,(H2,20,23)(H,21,22). The number of methoxy groups -OCH3 is 1. The van der Waals surface area contributed by atoms with E-state index in [1.807, 2.05) is 18.2 Å². The molecule has 0 aliphatic heterocycles. The second kappa shape index (κ2) is 7.41. The Labute approximate surface area is 158 Å². The van der Waals surface area contributed by atoms with E-state index in [4.69, 9.17) is 10.5 Å². The van der Waals surface area contributed by atoms with Gasteiger partial charge in [-0.25, -0.2) is 0 Å². The van der Waals surface area contributed by atoms with Gasteiger partial charge in [0.05, 0.1) is 12.7 Å². The molecule has 0 bridgehead atoms. The van der Waals surface area contributed by atoms with Gasteiger partial charge in [0.1, 0.15) is 10.8 Å². The molecular formula is C18H17BrN2O3S. The van der Waals surface area contributed by atoms with Crippen LogP contribution in [0.15, 0.2) is 28.7 Å². The quantitative estimate of drug-likeness (QED) is 0.722. The number of carbonyl (C=O) groups is 2. The topological polar surface area (TPSA) is 81.4 Å². The number of amides is 2. The van der Waals surface area contributed by atoms with Crippen molar-refractivity contribution < 1.29 is 14.3 Å². The van der Waals surface area contributed by atoms with Crippen LogP contribution >= 0.6 is 27.3 Å². The van der Waals surface area contributed by atoms with Gasteiger partial charge in [-0.3, -0.25) is 9.59 Å². The van der Waals surface area contributed by atoms with Crippen molar-refractivity contribution in [2.75, 3.05) is 12.4 Å². The first-order chi connectivity index (χ1) is 12.0. The Kier molecular flexibility index (Phi) is 5.24. The molecule has 1 aromatic carbocycles. The highest BCUT2D eigenvalue weighted by Crippen LogP contribution is 2.38. The van der Waals surface area contributed by atoms with Crippen LogP contribution < -0.4 is 15.8 Å². The lowest BCUT2D eigenvalue weighted by Gasteiger charge is -2.05. The van der Waals surface area contributed by atoms with Gasteiger partial charge in [-0.05, 0) is 49.1 Å². The number of thiophene rings is 1. The zero-order chi connectivity index (χ0) is 18.0. The minimum Gasteiger partial charge on any atom is -0.496 e. The normalized spacial score (nSPS) is 13.0. The predicted octanol–water partition coefficient (Wildman–Crippen LogP) is 3.76. The van der Waals surface area contributed by atoms with Crippen LogP contribution in [0.2, 0.25) is 0 Å². The average molecular weight is 421 g/mol. The summed E-state index contributed by atoms with van der Waals surface area (Å²) in [6.45, 7) is 0. The van der Waals surface area contributed by atoms with Crippen LogP contribution in [-0.4, -0.2) is 18.9 Å². The van der Waals surface area contributed by atoms with Gasteiger partial charge >= 0.3 is 0 Å². The average Bonchev–Trinajstić information content (AvgIpc) is 3.13. The molecule has 1 aliphatic rings. The fourth-order valence-corrected chi connectivity index (χ4v) is 4.58. The van der Waals surface area contributed by atoms with Crippen LogP contribution in [0.3, 0.4) is 0 Å². The molecule has 0 fully saturated rings. The molecule has 7 heteroatoms. The number of nitrogens with two attached hydrogens (primary N) is 1. The molecule has 0 radical (unpaired) electrons. The number of primary amides is 1. The molecule has 25 heavy (non-hydrogen) atoms. The predicted molar refractivity (Wildman–Crippen MR) is 103 cm³/mol. The highest BCUT2D eigenvalue weighted by atomic mass is 79.9. The molecule has 3 rings (SSSR count). The number of rotatable bonds is 5. The van der Waals surface area contributed by atoms with Crippen LogP contribution in [0.4, 0.5) is 5.00 Å². The number of anilines is 1. The molecule has 1 heterocycles. The van der Waals surface area contributed by atoms with Crippen molar-refractivity contribution in [3.63, 3.8) is 0 Å². The lowest BCUT2D eigenvalue weighted by Crippen LogP contribution is -2.16. The number of aryl methyl sites for hydroxylation is 1. The summed E-state index contributed by atoms with van der Waals surface area (Å²) >= 11 is 4.84. The first kappa shape index (κ1) is 17.7. The van der Waals surface area contributed by atoms with Crippen LogP contribution in [0.1, 0.15) is 32.8 Å². The second-order valence-electron chi connectivity index (χ2n) is 5.63. The van der Waals surface area contributed by atoms with Crippen molar-refractivity contribution in [3.8, 4) is 5.75 Å². The monoisotopic (exact) mass is 420 g/mol. The molecule has 2 aromatic rings. The molecule has 1 aliphatic carbocycles. The molecule has 2 amide bonds. The van der Waals surface area contributed by atoms with E-state index in [9.17, 15) is 9.59 Å². The third-order valence-electron chi connectivity index (χ3n) is 4.01. The maximum absolute atomic E-state index is 12.3. The van der Waals surface area contributed by atoms with Gasteiger partial charge in [0.15, 0.2) is 0 Å². The Morgan fingerprint density at radius 3 is 2.88 bits per heavy atom. The summed E-state index contributed by atoms with van der Waals surface area (Å²) in [7, 11) is 1.58. The van der Waals surface area contributed by atoms with Gasteiger partial charge in [0.2, 0.25) is 5.91 Å². The summed E-state index contributed by atoms with van der Waals surface area (Å²) in [5.74, 6) is -0.142. The minimum absolute atomic E-state index is 0.315. The van der Waals surface area contributed by atoms with Gasteiger partial charge in [-0.15, -0.1) is 11.3 Å². The van der Waals surface area contributed by atoms with E-state index >= 15 is 0 Å². The number of ether oxygens (including phenoxy) is 1. The third-order valence-corrected chi connectivity index (χ3v) is 5.71. The van der Waals surface area contributed by atoms with E-state index in [1.54, 1.807) is 13.2 Å². The van der Waals surface area contributed by atoms with Crippen LogP contribution in [0, 0.1) is 0 Å². The first-order valence-corrected chi connectivity index (χ1v) is 9.37. The van der Waals surface area contributed by atoms with Gasteiger partial charge < -0.3 is 15.8 Å². The molecule has 3 N–H and O–H groups in total. The first-order valence-electron chi connectivity index (χ1n) is 7.76. The summed E-state index contributed by atoms with van der Waals surface area (Å²) in [5, 5.41) is 3.32. The van der Waals surface area contributed by atoms with Gasteiger partial charge in [0.25, 0.3) is 5.91 Å². The van der Waals surface area contributed by atoms with Crippen molar-refractivity contribution in [3.05, 3.63) is 50.3 Å². The van der Waals surface area contributed by atoms with Gasteiger partial charge in [-0.2, -0.15) is 0 Å². The number of hydrogen-bond donors (Lipinski definition) is 2. The summed E-state index contributed by atoms with van der Waals surface area (Å²) in [4.78, 5) is 25.2. The molecule has 0 unspecified atom stereocenters. The van der Waals surface area contributed by atoms with Crippen LogP contribution in [-0.2, 0) is 17.6 Å². The van der Waals surface area contributed by atoms with Crippen molar-refractivity contribution >= 4 is 50.2 Å². The Hall–Kier alpha value is -2.12. The summed E-state index contributed by atoms with van der Waals surface area (Å²) in [5.41, 5.74) is 7.73.